The lowest BCUT2D eigenvalue weighted by atomic mass is 10.2. The molecule has 5 heteroatoms. The maximum absolute atomic E-state index is 5.93. The first-order valence-electron chi connectivity index (χ1n) is 6.03. The number of ether oxygens (including phenoxy) is 1. The predicted molar refractivity (Wildman–Crippen MR) is 84.4 cm³/mol. The smallest absolute Gasteiger partial charge is 0.191 e. The van der Waals surface area contributed by atoms with Crippen LogP contribution in [-0.2, 0) is 11.2 Å². The molecule has 18 heavy (non-hydrogen) atoms. The second-order valence-electron chi connectivity index (χ2n) is 4.07. The van der Waals surface area contributed by atoms with Gasteiger partial charge in [0.2, 0.25) is 0 Å². The van der Waals surface area contributed by atoms with Crippen molar-refractivity contribution in [3.8, 4) is 0 Å². The normalized spacial score (nSPS) is 16.2. The Kier molecular flexibility index (Phi) is 7.04. The first kappa shape index (κ1) is 15.2. The Balaban J connectivity index is 0.00000162. The molecule has 2 N–H and O–H groups in total. The van der Waals surface area contributed by atoms with E-state index < -0.39 is 0 Å². The van der Waals surface area contributed by atoms with E-state index in [0.717, 1.165) is 39.3 Å². The minimum absolute atomic E-state index is 0. The number of rotatable bonds is 3. The Morgan fingerprint density at radius 2 is 1.89 bits per heavy atom. The van der Waals surface area contributed by atoms with E-state index in [-0.39, 0.29) is 24.0 Å². The number of nitrogens with zero attached hydrogens (tertiary/aromatic N) is 2. The maximum atomic E-state index is 5.93. The van der Waals surface area contributed by atoms with Gasteiger partial charge in [-0.25, -0.2) is 0 Å². The van der Waals surface area contributed by atoms with Gasteiger partial charge in [0.25, 0.3) is 0 Å². The largest absolute Gasteiger partial charge is 0.378 e. The van der Waals surface area contributed by atoms with E-state index in [0.29, 0.717) is 5.96 Å². The average molecular weight is 361 g/mol. The third-order valence-corrected chi connectivity index (χ3v) is 2.85. The minimum Gasteiger partial charge on any atom is -0.378 e. The van der Waals surface area contributed by atoms with Crippen molar-refractivity contribution >= 4 is 29.9 Å². The highest BCUT2D eigenvalue weighted by atomic mass is 127. The van der Waals surface area contributed by atoms with Gasteiger partial charge >= 0.3 is 0 Å². The van der Waals surface area contributed by atoms with E-state index in [4.69, 9.17) is 10.5 Å². The Labute approximate surface area is 125 Å². The fourth-order valence-corrected chi connectivity index (χ4v) is 1.84. The number of benzene rings is 1. The van der Waals surface area contributed by atoms with E-state index in [1.54, 1.807) is 0 Å². The fraction of sp³-hybridized carbons (Fsp3) is 0.462. The molecule has 100 valence electrons. The molecular weight excluding hydrogens is 341 g/mol. The number of nitrogens with two attached hydrogens (primary N) is 1. The van der Waals surface area contributed by atoms with Gasteiger partial charge in [0.05, 0.1) is 13.2 Å². The van der Waals surface area contributed by atoms with Gasteiger partial charge in [0, 0.05) is 19.6 Å². The lowest BCUT2D eigenvalue weighted by Crippen LogP contribution is -2.44. The fourth-order valence-electron chi connectivity index (χ4n) is 1.84. The lowest BCUT2D eigenvalue weighted by Gasteiger charge is -2.27. The number of morpholine rings is 1. The Bertz CT molecular complexity index is 364. The van der Waals surface area contributed by atoms with Crippen LogP contribution in [0.2, 0.25) is 0 Å². The third-order valence-electron chi connectivity index (χ3n) is 2.85. The van der Waals surface area contributed by atoms with Gasteiger partial charge in [-0.3, -0.25) is 4.99 Å². The molecule has 1 saturated heterocycles. The van der Waals surface area contributed by atoms with Crippen LogP contribution in [0.15, 0.2) is 35.3 Å². The third kappa shape index (κ3) is 4.81. The topological polar surface area (TPSA) is 50.8 Å². The lowest BCUT2D eigenvalue weighted by molar-refractivity contribution is 0.0674. The van der Waals surface area contributed by atoms with Crippen LogP contribution in [0.25, 0.3) is 0 Å². The van der Waals surface area contributed by atoms with Crippen LogP contribution < -0.4 is 5.73 Å². The first-order chi connectivity index (χ1) is 8.36. The van der Waals surface area contributed by atoms with Crippen molar-refractivity contribution in [3.05, 3.63) is 35.9 Å². The van der Waals surface area contributed by atoms with Crippen LogP contribution >= 0.6 is 24.0 Å². The summed E-state index contributed by atoms with van der Waals surface area (Å²) < 4.78 is 5.27. The zero-order valence-corrected chi connectivity index (χ0v) is 12.7. The van der Waals surface area contributed by atoms with Gasteiger partial charge in [-0.15, -0.1) is 24.0 Å². The number of aliphatic imine (C=N–C) groups is 1. The van der Waals surface area contributed by atoms with Crippen molar-refractivity contribution in [2.24, 2.45) is 10.7 Å². The second kappa shape index (κ2) is 8.31. The summed E-state index contributed by atoms with van der Waals surface area (Å²) in [6.07, 6.45) is 0.936. The van der Waals surface area contributed by atoms with Crippen LogP contribution in [0, 0.1) is 0 Å². The molecule has 1 heterocycles. The SMILES string of the molecule is I.NC(=NCCc1ccccc1)N1CCOCC1. The molecular formula is C13H20IN3O. The Morgan fingerprint density at radius 3 is 2.56 bits per heavy atom. The molecule has 0 radical (unpaired) electrons. The summed E-state index contributed by atoms with van der Waals surface area (Å²) in [5.41, 5.74) is 7.23. The van der Waals surface area contributed by atoms with E-state index >= 15 is 0 Å². The summed E-state index contributed by atoms with van der Waals surface area (Å²) in [4.78, 5) is 6.49. The van der Waals surface area contributed by atoms with Crippen molar-refractivity contribution in [1.29, 1.82) is 0 Å². The van der Waals surface area contributed by atoms with E-state index in [2.05, 4.69) is 22.0 Å². The van der Waals surface area contributed by atoms with Gasteiger partial charge in [-0.1, -0.05) is 30.3 Å². The Hall–Kier alpha value is -0.820. The number of guanidine groups is 1. The van der Waals surface area contributed by atoms with Crippen LogP contribution in [0.3, 0.4) is 0 Å². The molecule has 0 amide bonds. The van der Waals surface area contributed by atoms with Crippen LogP contribution in [-0.4, -0.2) is 43.7 Å². The van der Waals surface area contributed by atoms with Gasteiger partial charge in [-0.05, 0) is 12.0 Å². The van der Waals surface area contributed by atoms with Crippen molar-refractivity contribution in [2.75, 3.05) is 32.8 Å². The monoisotopic (exact) mass is 361 g/mol. The predicted octanol–water partition coefficient (Wildman–Crippen LogP) is 1.49. The highest BCUT2D eigenvalue weighted by Gasteiger charge is 2.11. The maximum Gasteiger partial charge on any atom is 0.191 e. The molecule has 0 aromatic heterocycles. The highest BCUT2D eigenvalue weighted by molar-refractivity contribution is 14.0. The number of halogens is 1. The summed E-state index contributed by atoms with van der Waals surface area (Å²) in [5.74, 6) is 0.643. The quantitative estimate of drug-likeness (QED) is 0.504. The molecule has 0 bridgehead atoms. The molecule has 1 aliphatic heterocycles. The summed E-state index contributed by atoms with van der Waals surface area (Å²) in [6.45, 7) is 3.93. The first-order valence-corrected chi connectivity index (χ1v) is 6.03. The standard InChI is InChI=1S/C13H19N3O.HI/c14-13(16-8-10-17-11-9-16)15-7-6-12-4-2-1-3-5-12;/h1-5H,6-11H2,(H2,14,15);1H. The average Bonchev–Trinajstić information content (AvgIpc) is 2.41. The van der Waals surface area contributed by atoms with Gasteiger partial charge in [0.15, 0.2) is 5.96 Å². The summed E-state index contributed by atoms with van der Waals surface area (Å²) in [5, 5.41) is 0. The molecule has 2 rings (SSSR count). The van der Waals surface area contributed by atoms with Crippen LogP contribution in [0.1, 0.15) is 5.56 Å². The molecule has 0 atom stereocenters. The molecule has 1 aliphatic rings. The highest BCUT2D eigenvalue weighted by Crippen LogP contribution is 2.00. The van der Waals surface area contributed by atoms with Crippen LogP contribution in [0.5, 0.6) is 0 Å². The van der Waals surface area contributed by atoms with Crippen molar-refractivity contribution in [2.45, 2.75) is 6.42 Å². The molecule has 1 aromatic rings. The number of hydrogen-bond donors (Lipinski definition) is 1. The molecule has 0 spiro atoms. The van der Waals surface area contributed by atoms with E-state index in [1.807, 2.05) is 18.2 Å². The second-order valence-corrected chi connectivity index (χ2v) is 4.07. The number of hydrogen-bond acceptors (Lipinski definition) is 2. The van der Waals surface area contributed by atoms with Gasteiger partial charge in [0.1, 0.15) is 0 Å². The van der Waals surface area contributed by atoms with Crippen LogP contribution in [0.4, 0.5) is 0 Å². The molecule has 1 fully saturated rings. The van der Waals surface area contributed by atoms with Gasteiger partial charge < -0.3 is 15.4 Å². The van der Waals surface area contributed by atoms with Crippen molar-refractivity contribution < 1.29 is 4.74 Å². The molecule has 1 aromatic carbocycles. The minimum atomic E-state index is 0. The van der Waals surface area contributed by atoms with Gasteiger partial charge in [-0.2, -0.15) is 0 Å². The molecule has 0 unspecified atom stereocenters. The molecule has 0 saturated carbocycles. The summed E-state index contributed by atoms with van der Waals surface area (Å²) in [7, 11) is 0. The zero-order chi connectivity index (χ0) is 11.9. The van der Waals surface area contributed by atoms with Crippen molar-refractivity contribution in [1.82, 2.24) is 4.90 Å². The molecule has 0 aliphatic carbocycles. The summed E-state index contributed by atoms with van der Waals surface area (Å²) >= 11 is 0. The Morgan fingerprint density at radius 1 is 1.22 bits per heavy atom. The van der Waals surface area contributed by atoms with E-state index in [1.165, 1.54) is 5.56 Å². The van der Waals surface area contributed by atoms with Crippen molar-refractivity contribution in [3.63, 3.8) is 0 Å². The summed E-state index contributed by atoms with van der Waals surface area (Å²) in [6, 6.07) is 10.3. The zero-order valence-electron chi connectivity index (χ0n) is 10.4. The van der Waals surface area contributed by atoms with E-state index in [9.17, 15) is 0 Å². The molecule has 4 nitrogen and oxygen atoms in total.